The molecular weight excluding hydrogens is 356 g/mol. The maximum absolute atomic E-state index is 5.42. The van der Waals surface area contributed by atoms with Gasteiger partial charge < -0.3 is 24.4 Å². The van der Waals surface area contributed by atoms with E-state index in [4.69, 9.17) is 14.2 Å². The number of likely N-dealkylation sites (N-methyl/N-ethyl adjacent to an activating group) is 1. The average Bonchev–Trinajstić information content (AvgIpc) is 2.73. The normalized spacial score (nSPS) is 16.5. The quantitative estimate of drug-likeness (QED) is 0.510. The summed E-state index contributed by atoms with van der Waals surface area (Å²) in [7, 11) is 7.23. The second-order valence-electron chi connectivity index (χ2n) is 7.31. The first-order chi connectivity index (χ1) is 13.6. The van der Waals surface area contributed by atoms with Gasteiger partial charge in [0.05, 0.1) is 27.4 Å². The number of guanidine groups is 1. The molecule has 7 nitrogen and oxygen atoms in total. The molecule has 28 heavy (non-hydrogen) atoms. The molecule has 0 aliphatic carbocycles. The van der Waals surface area contributed by atoms with Crippen molar-refractivity contribution in [1.29, 1.82) is 0 Å². The molecule has 1 atom stereocenters. The van der Waals surface area contributed by atoms with Gasteiger partial charge in [-0.3, -0.25) is 9.89 Å². The Morgan fingerprint density at radius 1 is 1.25 bits per heavy atom. The van der Waals surface area contributed by atoms with E-state index < -0.39 is 0 Å². The van der Waals surface area contributed by atoms with Gasteiger partial charge in [-0.2, -0.15) is 0 Å². The maximum atomic E-state index is 5.42. The smallest absolute Gasteiger partial charge is 0.193 e. The van der Waals surface area contributed by atoms with Crippen LogP contribution in [-0.2, 0) is 11.2 Å². The minimum atomic E-state index is 0.550. The SMILES string of the molecule is CN=C(NCC(C)CN1CCOCC1)N(C)CCc1ccc(OC)c(OC)c1. The minimum absolute atomic E-state index is 0.550. The van der Waals surface area contributed by atoms with Crippen molar-refractivity contribution in [2.75, 3.05) is 74.3 Å². The van der Waals surface area contributed by atoms with Crippen LogP contribution in [0.1, 0.15) is 12.5 Å². The molecule has 1 aliphatic rings. The predicted molar refractivity (Wildman–Crippen MR) is 114 cm³/mol. The van der Waals surface area contributed by atoms with Crippen LogP contribution in [0.25, 0.3) is 0 Å². The molecule has 7 heteroatoms. The van der Waals surface area contributed by atoms with Crippen molar-refractivity contribution >= 4 is 5.96 Å². The lowest BCUT2D eigenvalue weighted by atomic mass is 10.1. The number of nitrogens with one attached hydrogen (secondary N) is 1. The van der Waals surface area contributed by atoms with Crippen molar-refractivity contribution in [2.45, 2.75) is 13.3 Å². The molecule has 0 spiro atoms. The minimum Gasteiger partial charge on any atom is -0.493 e. The van der Waals surface area contributed by atoms with E-state index in [-0.39, 0.29) is 0 Å². The number of methoxy groups -OCH3 is 2. The number of hydrogen-bond donors (Lipinski definition) is 1. The van der Waals surface area contributed by atoms with Crippen LogP contribution in [0.2, 0.25) is 0 Å². The van der Waals surface area contributed by atoms with Gasteiger partial charge in [0.15, 0.2) is 17.5 Å². The Labute approximate surface area is 169 Å². The Kier molecular flexibility index (Phi) is 9.37. The fourth-order valence-corrected chi connectivity index (χ4v) is 3.38. The van der Waals surface area contributed by atoms with Gasteiger partial charge in [-0.05, 0) is 30.0 Å². The highest BCUT2D eigenvalue weighted by Gasteiger charge is 2.15. The first kappa shape index (κ1) is 22.3. The second kappa shape index (κ2) is 11.8. The zero-order valence-electron chi connectivity index (χ0n) is 18.0. The number of aliphatic imine (C=N–C) groups is 1. The molecule has 158 valence electrons. The van der Waals surface area contributed by atoms with E-state index in [0.29, 0.717) is 5.92 Å². The number of rotatable bonds is 9. The monoisotopic (exact) mass is 392 g/mol. The largest absolute Gasteiger partial charge is 0.493 e. The molecule has 0 bridgehead atoms. The highest BCUT2D eigenvalue weighted by atomic mass is 16.5. The molecule has 1 aromatic rings. The lowest BCUT2D eigenvalue weighted by Crippen LogP contribution is -2.44. The van der Waals surface area contributed by atoms with Gasteiger partial charge in [-0.1, -0.05) is 13.0 Å². The molecule has 2 rings (SSSR count). The number of morpholine rings is 1. The summed E-state index contributed by atoms with van der Waals surface area (Å²) in [5.74, 6) is 3.00. The fraction of sp³-hybridized carbons (Fsp3) is 0.667. The fourth-order valence-electron chi connectivity index (χ4n) is 3.38. The van der Waals surface area contributed by atoms with Crippen LogP contribution >= 0.6 is 0 Å². The number of hydrogen-bond acceptors (Lipinski definition) is 5. The van der Waals surface area contributed by atoms with E-state index in [9.17, 15) is 0 Å². The van der Waals surface area contributed by atoms with Gasteiger partial charge in [-0.25, -0.2) is 0 Å². The first-order valence-corrected chi connectivity index (χ1v) is 10.00. The molecule has 1 N–H and O–H groups in total. The topological polar surface area (TPSA) is 58.6 Å². The zero-order chi connectivity index (χ0) is 20.4. The van der Waals surface area contributed by atoms with Gasteiger partial charge in [0.25, 0.3) is 0 Å². The predicted octanol–water partition coefficient (Wildman–Crippen LogP) is 1.72. The third-order valence-electron chi connectivity index (χ3n) is 5.04. The number of ether oxygens (including phenoxy) is 3. The van der Waals surface area contributed by atoms with Crippen molar-refractivity contribution in [3.8, 4) is 11.5 Å². The Balaban J connectivity index is 1.78. The summed E-state index contributed by atoms with van der Waals surface area (Å²) in [6.07, 6.45) is 0.904. The summed E-state index contributed by atoms with van der Waals surface area (Å²) in [5.41, 5.74) is 1.21. The molecule has 1 aromatic carbocycles. The standard InChI is InChI=1S/C21H36N4O3/c1-17(16-25-10-12-28-13-11-25)15-23-21(22-2)24(3)9-8-18-6-7-19(26-4)20(14-18)27-5/h6-7,14,17H,8-13,15-16H2,1-5H3,(H,22,23). The van der Waals surface area contributed by atoms with E-state index >= 15 is 0 Å². The lowest BCUT2D eigenvalue weighted by molar-refractivity contribution is 0.0320. The van der Waals surface area contributed by atoms with Gasteiger partial charge in [0, 0.05) is 46.8 Å². The van der Waals surface area contributed by atoms with Crippen molar-refractivity contribution in [2.24, 2.45) is 10.9 Å². The van der Waals surface area contributed by atoms with Crippen LogP contribution in [-0.4, -0.2) is 90.0 Å². The van der Waals surface area contributed by atoms with Crippen LogP contribution in [0.5, 0.6) is 11.5 Å². The molecule has 0 radical (unpaired) electrons. The summed E-state index contributed by atoms with van der Waals surface area (Å²) in [6, 6.07) is 6.07. The van der Waals surface area contributed by atoms with E-state index in [1.54, 1.807) is 14.2 Å². The highest BCUT2D eigenvalue weighted by molar-refractivity contribution is 5.79. The molecule has 1 fully saturated rings. The third kappa shape index (κ3) is 6.87. The number of benzene rings is 1. The van der Waals surface area contributed by atoms with E-state index in [0.717, 1.165) is 69.8 Å². The summed E-state index contributed by atoms with van der Waals surface area (Å²) < 4.78 is 16.1. The van der Waals surface area contributed by atoms with Crippen molar-refractivity contribution < 1.29 is 14.2 Å². The molecule has 1 unspecified atom stereocenters. The first-order valence-electron chi connectivity index (χ1n) is 10.00. The number of nitrogens with zero attached hydrogens (tertiary/aromatic N) is 3. The van der Waals surface area contributed by atoms with E-state index in [1.165, 1.54) is 5.56 Å². The van der Waals surface area contributed by atoms with Gasteiger partial charge >= 0.3 is 0 Å². The molecule has 0 amide bonds. The highest BCUT2D eigenvalue weighted by Crippen LogP contribution is 2.27. The Morgan fingerprint density at radius 2 is 1.96 bits per heavy atom. The van der Waals surface area contributed by atoms with Gasteiger partial charge in [0.1, 0.15) is 0 Å². The van der Waals surface area contributed by atoms with Crippen molar-refractivity contribution in [3.63, 3.8) is 0 Å². The van der Waals surface area contributed by atoms with Gasteiger partial charge in [0.2, 0.25) is 0 Å². The molecule has 0 aromatic heterocycles. The van der Waals surface area contributed by atoms with E-state index in [1.807, 2.05) is 19.2 Å². The van der Waals surface area contributed by atoms with Crippen molar-refractivity contribution in [3.05, 3.63) is 23.8 Å². The molecule has 1 aliphatic heterocycles. The van der Waals surface area contributed by atoms with Crippen LogP contribution in [0.15, 0.2) is 23.2 Å². The zero-order valence-corrected chi connectivity index (χ0v) is 18.0. The molecular formula is C21H36N4O3. The summed E-state index contributed by atoms with van der Waals surface area (Å²) >= 11 is 0. The van der Waals surface area contributed by atoms with Crippen LogP contribution in [0.4, 0.5) is 0 Å². The summed E-state index contributed by atoms with van der Waals surface area (Å²) in [6.45, 7) is 8.90. The molecule has 1 saturated heterocycles. The van der Waals surface area contributed by atoms with Crippen molar-refractivity contribution in [1.82, 2.24) is 15.1 Å². The van der Waals surface area contributed by atoms with Gasteiger partial charge in [-0.15, -0.1) is 0 Å². The molecule has 0 saturated carbocycles. The van der Waals surface area contributed by atoms with Crippen LogP contribution in [0, 0.1) is 5.92 Å². The third-order valence-corrected chi connectivity index (χ3v) is 5.04. The van der Waals surface area contributed by atoms with E-state index in [2.05, 4.69) is 40.1 Å². The summed E-state index contributed by atoms with van der Waals surface area (Å²) in [4.78, 5) is 9.07. The maximum Gasteiger partial charge on any atom is 0.193 e. The Morgan fingerprint density at radius 3 is 2.61 bits per heavy atom. The lowest BCUT2D eigenvalue weighted by Gasteiger charge is -2.30. The second-order valence-corrected chi connectivity index (χ2v) is 7.31. The average molecular weight is 393 g/mol. The summed E-state index contributed by atoms with van der Waals surface area (Å²) in [5, 5.41) is 3.51. The Hall–Kier alpha value is -1.99. The van der Waals surface area contributed by atoms with Crippen LogP contribution in [0.3, 0.4) is 0 Å². The molecule has 1 heterocycles. The van der Waals surface area contributed by atoms with Crippen LogP contribution < -0.4 is 14.8 Å². The Bertz CT molecular complexity index is 618.